The third-order valence-corrected chi connectivity index (χ3v) is 4.37. The quantitative estimate of drug-likeness (QED) is 0.661. The fourth-order valence-electron chi connectivity index (χ4n) is 3.07. The Hall–Kier alpha value is -1.55. The fraction of sp³-hybridized carbons (Fsp3) is 0.588. The number of nitrogens with two attached hydrogens (primary N) is 1. The van der Waals surface area contributed by atoms with Crippen LogP contribution in [0.1, 0.15) is 44.1 Å². The molecule has 0 unspecified atom stereocenters. The first-order valence-corrected chi connectivity index (χ1v) is 7.92. The van der Waals surface area contributed by atoms with Gasteiger partial charge in [0.2, 0.25) is 5.91 Å². The molecule has 0 spiro atoms. The van der Waals surface area contributed by atoms with E-state index in [9.17, 15) is 4.79 Å². The van der Waals surface area contributed by atoms with Gasteiger partial charge in [-0.05, 0) is 50.6 Å². The number of hydrogen-bond acceptors (Lipinski definition) is 3. The van der Waals surface area contributed by atoms with E-state index in [0.717, 1.165) is 16.9 Å². The van der Waals surface area contributed by atoms with Crippen LogP contribution in [-0.4, -0.2) is 30.4 Å². The maximum Gasteiger partial charge on any atom is 0.238 e. The Labute approximate surface area is 127 Å². The smallest absolute Gasteiger partial charge is 0.238 e. The summed E-state index contributed by atoms with van der Waals surface area (Å²) in [6.45, 7) is 2.41. The number of rotatable bonds is 4. The fourth-order valence-corrected chi connectivity index (χ4v) is 3.07. The number of amides is 1. The molecule has 4 nitrogen and oxygen atoms in total. The van der Waals surface area contributed by atoms with E-state index >= 15 is 0 Å². The van der Waals surface area contributed by atoms with Crippen LogP contribution in [0.15, 0.2) is 18.2 Å². The van der Waals surface area contributed by atoms with Crippen LogP contribution >= 0.6 is 0 Å². The summed E-state index contributed by atoms with van der Waals surface area (Å²) in [4.78, 5) is 14.4. The zero-order valence-corrected chi connectivity index (χ0v) is 13.2. The molecule has 0 aliphatic heterocycles. The molecule has 0 heterocycles. The predicted molar refractivity (Wildman–Crippen MR) is 88.3 cm³/mol. The van der Waals surface area contributed by atoms with E-state index in [2.05, 4.69) is 17.3 Å². The minimum absolute atomic E-state index is 0.0506. The van der Waals surface area contributed by atoms with E-state index in [0.29, 0.717) is 12.6 Å². The topological polar surface area (TPSA) is 58.4 Å². The van der Waals surface area contributed by atoms with Crippen LogP contribution in [0, 0.1) is 6.92 Å². The minimum atomic E-state index is 0.0506. The van der Waals surface area contributed by atoms with Gasteiger partial charge >= 0.3 is 0 Å². The Bertz CT molecular complexity index is 479. The molecule has 1 fully saturated rings. The number of likely N-dealkylation sites (N-methyl/N-ethyl adjacent to an activating group) is 1. The maximum atomic E-state index is 12.2. The number of benzene rings is 1. The summed E-state index contributed by atoms with van der Waals surface area (Å²) in [6.07, 6.45) is 7.67. The van der Waals surface area contributed by atoms with Crippen molar-refractivity contribution in [2.24, 2.45) is 0 Å². The van der Waals surface area contributed by atoms with Gasteiger partial charge in [-0.3, -0.25) is 9.69 Å². The highest BCUT2D eigenvalue weighted by Gasteiger charge is 2.19. The van der Waals surface area contributed by atoms with Gasteiger partial charge in [0.1, 0.15) is 0 Å². The normalized spacial score (nSPS) is 16.7. The van der Waals surface area contributed by atoms with Gasteiger partial charge in [0.25, 0.3) is 0 Å². The van der Waals surface area contributed by atoms with Gasteiger partial charge in [-0.1, -0.05) is 25.7 Å². The second kappa shape index (κ2) is 7.46. The lowest BCUT2D eigenvalue weighted by Gasteiger charge is -2.26. The highest BCUT2D eigenvalue weighted by atomic mass is 16.2. The number of nitrogens with one attached hydrogen (secondary N) is 1. The van der Waals surface area contributed by atoms with E-state index in [1.807, 2.05) is 25.1 Å². The number of aryl methyl sites for hydroxylation is 1. The molecule has 0 bridgehead atoms. The number of carbonyl (C=O) groups is 1. The highest BCUT2D eigenvalue weighted by Crippen LogP contribution is 2.21. The molecule has 0 atom stereocenters. The lowest BCUT2D eigenvalue weighted by atomic mass is 10.1. The second-order valence-corrected chi connectivity index (χ2v) is 6.18. The maximum absolute atomic E-state index is 12.2. The zero-order chi connectivity index (χ0) is 15.2. The molecule has 1 amide bonds. The molecule has 4 heteroatoms. The van der Waals surface area contributed by atoms with Crippen molar-refractivity contribution < 1.29 is 4.79 Å². The Morgan fingerprint density at radius 3 is 2.57 bits per heavy atom. The Kier molecular flexibility index (Phi) is 5.62. The van der Waals surface area contributed by atoms with Crippen LogP contribution in [0.25, 0.3) is 0 Å². The van der Waals surface area contributed by atoms with Gasteiger partial charge in [0.15, 0.2) is 0 Å². The van der Waals surface area contributed by atoms with Crippen LogP contribution in [0.2, 0.25) is 0 Å². The van der Waals surface area contributed by atoms with E-state index in [-0.39, 0.29) is 5.91 Å². The summed E-state index contributed by atoms with van der Waals surface area (Å²) in [5.74, 6) is 0.0506. The minimum Gasteiger partial charge on any atom is -0.399 e. The van der Waals surface area contributed by atoms with E-state index in [1.54, 1.807) is 0 Å². The van der Waals surface area contributed by atoms with Crippen molar-refractivity contribution in [1.29, 1.82) is 0 Å². The van der Waals surface area contributed by atoms with E-state index in [1.165, 1.54) is 38.5 Å². The molecule has 1 aliphatic carbocycles. The molecule has 3 N–H and O–H groups in total. The molecule has 0 saturated heterocycles. The highest BCUT2D eigenvalue weighted by molar-refractivity contribution is 5.93. The number of nitrogens with zero attached hydrogens (tertiary/aromatic N) is 1. The molecule has 21 heavy (non-hydrogen) atoms. The van der Waals surface area contributed by atoms with Crippen molar-refractivity contribution in [1.82, 2.24) is 4.90 Å². The second-order valence-electron chi connectivity index (χ2n) is 6.18. The van der Waals surface area contributed by atoms with Gasteiger partial charge in [-0.25, -0.2) is 0 Å². The van der Waals surface area contributed by atoms with Crippen molar-refractivity contribution in [2.75, 3.05) is 24.6 Å². The van der Waals surface area contributed by atoms with Crippen LogP contribution in [0.5, 0.6) is 0 Å². The number of nitrogen functional groups attached to an aromatic ring is 1. The summed E-state index contributed by atoms with van der Waals surface area (Å²) in [5.41, 5.74) is 8.30. The zero-order valence-electron chi connectivity index (χ0n) is 13.2. The van der Waals surface area contributed by atoms with Gasteiger partial charge in [0.05, 0.1) is 6.54 Å². The monoisotopic (exact) mass is 289 g/mol. The summed E-state index contributed by atoms with van der Waals surface area (Å²) >= 11 is 0. The number of anilines is 2. The third-order valence-electron chi connectivity index (χ3n) is 4.37. The SMILES string of the molecule is Cc1cc(N)ccc1NC(=O)CN(C)C1CCCCCC1. The van der Waals surface area contributed by atoms with Crippen LogP contribution in [-0.2, 0) is 4.79 Å². The van der Waals surface area contributed by atoms with Crippen molar-refractivity contribution in [3.8, 4) is 0 Å². The van der Waals surface area contributed by atoms with Gasteiger partial charge in [-0.2, -0.15) is 0 Å². The Balaban J connectivity index is 1.88. The van der Waals surface area contributed by atoms with Crippen molar-refractivity contribution in [3.05, 3.63) is 23.8 Å². The lowest BCUT2D eigenvalue weighted by molar-refractivity contribution is -0.117. The average Bonchev–Trinajstić information content (AvgIpc) is 2.71. The van der Waals surface area contributed by atoms with E-state index in [4.69, 9.17) is 5.73 Å². The van der Waals surface area contributed by atoms with Gasteiger partial charge in [0, 0.05) is 17.4 Å². The van der Waals surface area contributed by atoms with E-state index < -0.39 is 0 Å². The number of carbonyl (C=O) groups excluding carboxylic acids is 1. The first-order valence-electron chi connectivity index (χ1n) is 7.92. The third kappa shape index (κ3) is 4.74. The largest absolute Gasteiger partial charge is 0.399 e. The summed E-state index contributed by atoms with van der Waals surface area (Å²) in [5, 5.41) is 2.99. The van der Waals surface area contributed by atoms with Crippen molar-refractivity contribution >= 4 is 17.3 Å². The van der Waals surface area contributed by atoms with Crippen molar-refractivity contribution in [2.45, 2.75) is 51.5 Å². The Morgan fingerprint density at radius 1 is 1.29 bits per heavy atom. The molecule has 2 rings (SSSR count). The van der Waals surface area contributed by atoms with Crippen LogP contribution < -0.4 is 11.1 Å². The molecular weight excluding hydrogens is 262 g/mol. The molecule has 1 saturated carbocycles. The first-order chi connectivity index (χ1) is 10.1. The van der Waals surface area contributed by atoms with Crippen LogP contribution in [0.4, 0.5) is 11.4 Å². The van der Waals surface area contributed by atoms with Gasteiger partial charge < -0.3 is 11.1 Å². The predicted octanol–water partition coefficient (Wildman–Crippen LogP) is 3.17. The average molecular weight is 289 g/mol. The van der Waals surface area contributed by atoms with Crippen LogP contribution in [0.3, 0.4) is 0 Å². The molecule has 0 radical (unpaired) electrons. The number of hydrogen-bond donors (Lipinski definition) is 2. The molecule has 1 aromatic rings. The lowest BCUT2D eigenvalue weighted by Crippen LogP contribution is -2.37. The standard InChI is InChI=1S/C17H27N3O/c1-13-11-14(18)9-10-16(13)19-17(21)12-20(2)15-7-5-3-4-6-8-15/h9-11,15H,3-8,12,18H2,1-2H3,(H,19,21). The Morgan fingerprint density at radius 2 is 1.95 bits per heavy atom. The molecule has 1 aromatic carbocycles. The summed E-state index contributed by atoms with van der Waals surface area (Å²) in [7, 11) is 2.06. The first kappa shape index (κ1) is 15.8. The summed E-state index contributed by atoms with van der Waals surface area (Å²) in [6, 6.07) is 6.11. The summed E-state index contributed by atoms with van der Waals surface area (Å²) < 4.78 is 0. The molecule has 1 aliphatic rings. The molecular formula is C17H27N3O. The molecule has 116 valence electrons. The molecule has 0 aromatic heterocycles. The van der Waals surface area contributed by atoms with Gasteiger partial charge in [-0.15, -0.1) is 0 Å². The van der Waals surface area contributed by atoms with Crippen molar-refractivity contribution in [3.63, 3.8) is 0 Å².